The third-order valence-electron chi connectivity index (χ3n) is 3.42. The first-order valence-corrected chi connectivity index (χ1v) is 6.80. The van der Waals surface area contributed by atoms with Crippen molar-refractivity contribution in [3.8, 4) is 0 Å². The monoisotopic (exact) mass is 267 g/mol. The lowest BCUT2D eigenvalue weighted by Crippen LogP contribution is -2.26. The van der Waals surface area contributed by atoms with E-state index in [0.29, 0.717) is 11.7 Å². The van der Waals surface area contributed by atoms with E-state index in [0.717, 1.165) is 24.2 Å². The Morgan fingerprint density at radius 1 is 1.20 bits per heavy atom. The molecule has 1 saturated carbocycles. The third-order valence-corrected chi connectivity index (χ3v) is 3.42. The Bertz CT molecular complexity index is 608. The van der Waals surface area contributed by atoms with Crippen molar-refractivity contribution in [1.29, 1.82) is 0 Å². The van der Waals surface area contributed by atoms with Gasteiger partial charge >= 0.3 is 0 Å². The molecular formula is C16H17N3O. The summed E-state index contributed by atoms with van der Waals surface area (Å²) >= 11 is 0. The Morgan fingerprint density at radius 2 is 1.95 bits per heavy atom. The minimum atomic E-state index is -0.0872. The fraction of sp³-hybridized carbons (Fsp3) is 0.250. The highest BCUT2D eigenvalue weighted by molar-refractivity contribution is 5.93. The topological polar surface area (TPSA) is 45.2 Å². The zero-order valence-electron chi connectivity index (χ0n) is 11.4. The zero-order valence-corrected chi connectivity index (χ0v) is 11.4. The normalized spacial score (nSPS) is 13.8. The third kappa shape index (κ3) is 2.79. The average molecular weight is 267 g/mol. The number of nitrogens with one attached hydrogen (secondary N) is 1. The molecule has 0 radical (unpaired) electrons. The maximum Gasteiger partial charge on any atom is 0.270 e. The molecule has 4 nitrogen and oxygen atoms in total. The summed E-state index contributed by atoms with van der Waals surface area (Å²) in [5, 5.41) is 2.96. The first-order valence-electron chi connectivity index (χ1n) is 6.80. The second-order valence-electron chi connectivity index (χ2n) is 5.04. The predicted molar refractivity (Wildman–Crippen MR) is 79.2 cm³/mol. The summed E-state index contributed by atoms with van der Waals surface area (Å²) in [5.41, 5.74) is 2.50. The molecule has 1 aliphatic rings. The van der Waals surface area contributed by atoms with Crippen molar-refractivity contribution in [2.24, 2.45) is 0 Å². The number of benzene rings is 1. The highest BCUT2D eigenvalue weighted by Gasteiger charge is 2.24. The van der Waals surface area contributed by atoms with Crippen molar-refractivity contribution in [2.45, 2.75) is 18.9 Å². The number of nitrogens with zero attached hydrogens (tertiary/aromatic N) is 2. The number of pyridine rings is 1. The molecule has 4 heteroatoms. The molecular weight excluding hydrogens is 250 g/mol. The van der Waals surface area contributed by atoms with E-state index in [1.807, 2.05) is 54.4 Å². The van der Waals surface area contributed by atoms with Crippen molar-refractivity contribution in [2.75, 3.05) is 11.9 Å². The maximum atomic E-state index is 12.0. The summed E-state index contributed by atoms with van der Waals surface area (Å²) in [4.78, 5) is 18.2. The zero-order chi connectivity index (χ0) is 13.9. The molecule has 0 aliphatic heterocycles. The van der Waals surface area contributed by atoms with Crippen LogP contribution in [0, 0.1) is 0 Å². The number of amides is 1. The molecule has 1 aromatic carbocycles. The molecule has 1 amide bonds. The first-order chi connectivity index (χ1) is 9.74. The summed E-state index contributed by atoms with van der Waals surface area (Å²) in [7, 11) is 1.98. The molecule has 1 N–H and O–H groups in total. The Hall–Kier alpha value is -2.36. The van der Waals surface area contributed by atoms with E-state index in [9.17, 15) is 4.79 Å². The first kappa shape index (κ1) is 12.7. The second kappa shape index (κ2) is 5.33. The van der Waals surface area contributed by atoms with Crippen LogP contribution in [0.1, 0.15) is 23.3 Å². The van der Waals surface area contributed by atoms with E-state index in [1.54, 1.807) is 6.20 Å². The molecule has 1 aliphatic carbocycles. The van der Waals surface area contributed by atoms with Crippen LogP contribution in [0.2, 0.25) is 0 Å². The Labute approximate surface area is 118 Å². The number of carbonyl (C=O) groups excluding carboxylic acids is 1. The smallest absolute Gasteiger partial charge is 0.270 e. The Kier molecular flexibility index (Phi) is 3.37. The summed E-state index contributed by atoms with van der Waals surface area (Å²) in [6, 6.07) is 14.1. The van der Waals surface area contributed by atoms with Gasteiger partial charge in [0.1, 0.15) is 5.69 Å². The van der Waals surface area contributed by atoms with Crippen molar-refractivity contribution in [3.05, 3.63) is 54.4 Å². The lowest BCUT2D eigenvalue weighted by atomic mass is 10.2. The van der Waals surface area contributed by atoms with E-state index in [1.165, 1.54) is 0 Å². The van der Waals surface area contributed by atoms with Gasteiger partial charge in [0.25, 0.3) is 5.91 Å². The van der Waals surface area contributed by atoms with E-state index >= 15 is 0 Å². The van der Waals surface area contributed by atoms with Crippen LogP contribution in [0.3, 0.4) is 0 Å². The fourth-order valence-corrected chi connectivity index (χ4v) is 2.04. The minimum Gasteiger partial charge on any atom is -0.348 e. The van der Waals surface area contributed by atoms with Gasteiger partial charge in [-0.25, -0.2) is 0 Å². The molecule has 2 aromatic rings. The summed E-state index contributed by atoms with van der Waals surface area (Å²) in [5.74, 6) is -0.0872. The summed E-state index contributed by atoms with van der Waals surface area (Å²) in [6.45, 7) is 0. The Balaban J connectivity index is 1.81. The van der Waals surface area contributed by atoms with Gasteiger partial charge in [-0.2, -0.15) is 0 Å². The van der Waals surface area contributed by atoms with Gasteiger partial charge in [0.15, 0.2) is 0 Å². The molecule has 1 aromatic heterocycles. The molecule has 3 rings (SSSR count). The van der Waals surface area contributed by atoms with Crippen LogP contribution in [0.5, 0.6) is 0 Å². The van der Waals surface area contributed by atoms with E-state index < -0.39 is 0 Å². The maximum absolute atomic E-state index is 12.0. The molecule has 0 saturated heterocycles. The summed E-state index contributed by atoms with van der Waals surface area (Å²) in [6.07, 6.45) is 3.83. The van der Waals surface area contributed by atoms with Gasteiger partial charge in [0, 0.05) is 30.7 Å². The van der Waals surface area contributed by atoms with Crippen molar-refractivity contribution >= 4 is 17.3 Å². The van der Waals surface area contributed by atoms with Crippen LogP contribution in [0.25, 0.3) is 0 Å². The van der Waals surface area contributed by atoms with Crippen LogP contribution < -0.4 is 10.2 Å². The molecule has 1 fully saturated rings. The van der Waals surface area contributed by atoms with Crippen LogP contribution >= 0.6 is 0 Å². The molecule has 102 valence electrons. The highest BCUT2D eigenvalue weighted by Crippen LogP contribution is 2.24. The number of hydrogen-bond acceptors (Lipinski definition) is 3. The molecule has 0 bridgehead atoms. The number of rotatable bonds is 4. The second-order valence-corrected chi connectivity index (χ2v) is 5.04. The molecule has 1 heterocycles. The van der Waals surface area contributed by atoms with Gasteiger partial charge in [-0.05, 0) is 37.1 Å². The lowest BCUT2D eigenvalue weighted by Gasteiger charge is -2.19. The summed E-state index contributed by atoms with van der Waals surface area (Å²) < 4.78 is 0. The number of para-hydroxylation sites is 1. The minimum absolute atomic E-state index is 0.0872. The van der Waals surface area contributed by atoms with Crippen LogP contribution in [0.4, 0.5) is 11.4 Å². The SMILES string of the molecule is CN(c1ccccc1)c1ccnc(C(=O)NC2CC2)c1. The Morgan fingerprint density at radius 3 is 2.65 bits per heavy atom. The van der Waals surface area contributed by atoms with Gasteiger partial charge in [0.05, 0.1) is 0 Å². The quantitative estimate of drug-likeness (QED) is 0.926. The van der Waals surface area contributed by atoms with Gasteiger partial charge < -0.3 is 10.2 Å². The van der Waals surface area contributed by atoms with Gasteiger partial charge in [0.2, 0.25) is 0 Å². The predicted octanol–water partition coefficient (Wildman–Crippen LogP) is 2.74. The lowest BCUT2D eigenvalue weighted by molar-refractivity contribution is 0.0946. The van der Waals surface area contributed by atoms with E-state index in [2.05, 4.69) is 10.3 Å². The largest absolute Gasteiger partial charge is 0.348 e. The number of anilines is 2. The van der Waals surface area contributed by atoms with E-state index in [-0.39, 0.29) is 5.91 Å². The molecule has 20 heavy (non-hydrogen) atoms. The van der Waals surface area contributed by atoms with Gasteiger partial charge in [-0.1, -0.05) is 18.2 Å². The van der Waals surface area contributed by atoms with Crippen LogP contribution in [-0.2, 0) is 0 Å². The van der Waals surface area contributed by atoms with Crippen LogP contribution in [-0.4, -0.2) is 24.0 Å². The number of aromatic nitrogens is 1. The highest BCUT2D eigenvalue weighted by atomic mass is 16.2. The van der Waals surface area contributed by atoms with Gasteiger partial charge in [-0.3, -0.25) is 9.78 Å². The van der Waals surface area contributed by atoms with Crippen molar-refractivity contribution in [3.63, 3.8) is 0 Å². The number of carbonyl (C=O) groups is 1. The molecule has 0 unspecified atom stereocenters. The molecule has 0 spiro atoms. The number of hydrogen-bond donors (Lipinski definition) is 1. The van der Waals surface area contributed by atoms with Gasteiger partial charge in [-0.15, -0.1) is 0 Å². The average Bonchev–Trinajstić information content (AvgIpc) is 3.31. The van der Waals surface area contributed by atoms with E-state index in [4.69, 9.17) is 0 Å². The van der Waals surface area contributed by atoms with Crippen LogP contribution in [0.15, 0.2) is 48.7 Å². The van der Waals surface area contributed by atoms with Crippen molar-refractivity contribution < 1.29 is 4.79 Å². The fourth-order valence-electron chi connectivity index (χ4n) is 2.04. The van der Waals surface area contributed by atoms with Crippen molar-refractivity contribution in [1.82, 2.24) is 10.3 Å². The molecule has 0 atom stereocenters. The standard InChI is InChI=1S/C16H17N3O/c1-19(13-5-3-2-4-6-13)14-9-10-17-15(11-14)16(20)18-12-7-8-12/h2-6,9-12H,7-8H2,1H3,(H,18,20).